The van der Waals surface area contributed by atoms with E-state index in [2.05, 4.69) is 53.5 Å². The van der Waals surface area contributed by atoms with Crippen LogP contribution in [0.25, 0.3) is 0 Å². The van der Waals surface area contributed by atoms with Crippen LogP contribution in [-0.4, -0.2) is 18.5 Å². The van der Waals surface area contributed by atoms with Crippen molar-refractivity contribution in [2.45, 2.75) is 26.6 Å². The highest BCUT2D eigenvalue weighted by Gasteiger charge is 2.08. The Morgan fingerprint density at radius 1 is 1.00 bits per heavy atom. The minimum atomic E-state index is 0.783. The molecule has 2 aromatic rings. The van der Waals surface area contributed by atoms with Gasteiger partial charge in [0.15, 0.2) is 0 Å². The number of hydrogen-bond donors (Lipinski definition) is 1. The molecule has 0 fully saturated rings. The Hall–Kier alpha value is -1.58. The van der Waals surface area contributed by atoms with Crippen LogP contribution in [0.15, 0.2) is 46.9 Å². The summed E-state index contributed by atoms with van der Waals surface area (Å²) in [5, 5.41) is 3.10. The van der Waals surface area contributed by atoms with E-state index in [0.29, 0.717) is 0 Å². The lowest BCUT2D eigenvalue weighted by Gasteiger charge is -2.19. The van der Waals surface area contributed by atoms with E-state index in [1.807, 2.05) is 13.1 Å². The first kappa shape index (κ1) is 13.8. The van der Waals surface area contributed by atoms with Gasteiger partial charge in [-0.2, -0.15) is 0 Å². The Labute approximate surface area is 115 Å². The third-order valence-corrected chi connectivity index (χ3v) is 3.14. The number of rotatable bonds is 7. The van der Waals surface area contributed by atoms with Gasteiger partial charge in [0.2, 0.25) is 0 Å². The molecule has 0 aliphatic carbocycles. The van der Waals surface area contributed by atoms with Crippen molar-refractivity contribution in [3.8, 4) is 0 Å². The van der Waals surface area contributed by atoms with Gasteiger partial charge in [-0.15, -0.1) is 0 Å². The summed E-state index contributed by atoms with van der Waals surface area (Å²) >= 11 is 0. The van der Waals surface area contributed by atoms with E-state index in [4.69, 9.17) is 4.42 Å². The van der Waals surface area contributed by atoms with Crippen LogP contribution in [0.2, 0.25) is 0 Å². The minimum Gasteiger partial charge on any atom is -0.463 e. The molecule has 3 nitrogen and oxygen atoms in total. The van der Waals surface area contributed by atoms with Crippen LogP contribution < -0.4 is 5.32 Å². The standard InChI is InChI=1S/C16H22N2O/c1-3-18(12-14-7-5-4-6-8-14)13-16-10-9-15(19-16)11-17-2/h4-10,17H,3,11-13H2,1-2H3. The summed E-state index contributed by atoms with van der Waals surface area (Å²) in [6, 6.07) is 14.7. The van der Waals surface area contributed by atoms with Crippen LogP contribution in [0.5, 0.6) is 0 Å². The van der Waals surface area contributed by atoms with Gasteiger partial charge in [-0.3, -0.25) is 4.90 Å². The molecule has 0 bridgehead atoms. The fourth-order valence-corrected chi connectivity index (χ4v) is 2.12. The maximum absolute atomic E-state index is 5.79. The molecular weight excluding hydrogens is 236 g/mol. The highest BCUT2D eigenvalue weighted by molar-refractivity contribution is 5.15. The van der Waals surface area contributed by atoms with Crippen molar-refractivity contribution in [2.24, 2.45) is 0 Å². The molecule has 1 heterocycles. The fourth-order valence-electron chi connectivity index (χ4n) is 2.12. The van der Waals surface area contributed by atoms with Crippen LogP contribution >= 0.6 is 0 Å². The van der Waals surface area contributed by atoms with Crippen molar-refractivity contribution in [3.05, 3.63) is 59.5 Å². The van der Waals surface area contributed by atoms with Gasteiger partial charge in [0.1, 0.15) is 11.5 Å². The van der Waals surface area contributed by atoms with Crippen molar-refractivity contribution in [3.63, 3.8) is 0 Å². The Morgan fingerprint density at radius 2 is 1.74 bits per heavy atom. The average Bonchev–Trinajstić information content (AvgIpc) is 2.87. The van der Waals surface area contributed by atoms with E-state index >= 15 is 0 Å². The molecule has 0 unspecified atom stereocenters. The van der Waals surface area contributed by atoms with Gasteiger partial charge >= 0.3 is 0 Å². The molecule has 3 heteroatoms. The smallest absolute Gasteiger partial charge is 0.118 e. The van der Waals surface area contributed by atoms with E-state index in [0.717, 1.165) is 37.7 Å². The highest BCUT2D eigenvalue weighted by Crippen LogP contribution is 2.13. The predicted molar refractivity (Wildman–Crippen MR) is 77.7 cm³/mol. The molecule has 1 N–H and O–H groups in total. The Balaban J connectivity index is 1.94. The molecule has 102 valence electrons. The van der Waals surface area contributed by atoms with Crippen molar-refractivity contribution in [1.29, 1.82) is 0 Å². The van der Waals surface area contributed by atoms with Gasteiger partial charge in [-0.25, -0.2) is 0 Å². The molecular formula is C16H22N2O. The van der Waals surface area contributed by atoms with Crippen LogP contribution in [0, 0.1) is 0 Å². The molecule has 0 radical (unpaired) electrons. The third kappa shape index (κ3) is 4.23. The lowest BCUT2D eigenvalue weighted by atomic mass is 10.2. The minimum absolute atomic E-state index is 0.783. The SMILES string of the molecule is CCN(Cc1ccccc1)Cc1ccc(CNC)o1. The second-order valence-electron chi connectivity index (χ2n) is 4.69. The zero-order chi connectivity index (χ0) is 13.5. The number of hydrogen-bond acceptors (Lipinski definition) is 3. The summed E-state index contributed by atoms with van der Waals surface area (Å²) < 4.78 is 5.79. The maximum atomic E-state index is 5.79. The Morgan fingerprint density at radius 3 is 2.42 bits per heavy atom. The Kier molecular flexibility index (Phi) is 5.19. The zero-order valence-corrected chi connectivity index (χ0v) is 11.7. The lowest BCUT2D eigenvalue weighted by molar-refractivity contribution is 0.245. The van der Waals surface area contributed by atoms with Crippen molar-refractivity contribution >= 4 is 0 Å². The number of nitrogens with zero attached hydrogens (tertiary/aromatic N) is 1. The van der Waals surface area contributed by atoms with E-state index in [-0.39, 0.29) is 0 Å². The average molecular weight is 258 g/mol. The van der Waals surface area contributed by atoms with Gasteiger partial charge in [-0.05, 0) is 31.3 Å². The monoisotopic (exact) mass is 258 g/mol. The molecule has 0 spiro atoms. The normalized spacial score (nSPS) is 11.1. The van der Waals surface area contributed by atoms with Crippen LogP contribution in [0.4, 0.5) is 0 Å². The van der Waals surface area contributed by atoms with Crippen LogP contribution in [-0.2, 0) is 19.6 Å². The highest BCUT2D eigenvalue weighted by atomic mass is 16.3. The maximum Gasteiger partial charge on any atom is 0.118 e. The van der Waals surface area contributed by atoms with Gasteiger partial charge in [0.05, 0.1) is 13.1 Å². The first-order valence-corrected chi connectivity index (χ1v) is 6.80. The summed E-state index contributed by atoms with van der Waals surface area (Å²) in [7, 11) is 1.93. The van der Waals surface area contributed by atoms with Crippen molar-refractivity contribution in [1.82, 2.24) is 10.2 Å². The molecule has 0 saturated heterocycles. The van der Waals surface area contributed by atoms with E-state index < -0.39 is 0 Å². The molecule has 0 saturated carbocycles. The van der Waals surface area contributed by atoms with Crippen molar-refractivity contribution in [2.75, 3.05) is 13.6 Å². The molecule has 0 aliphatic heterocycles. The molecule has 19 heavy (non-hydrogen) atoms. The number of furan rings is 1. The summed E-state index contributed by atoms with van der Waals surface area (Å²) in [5.74, 6) is 2.02. The van der Waals surface area contributed by atoms with E-state index in [1.54, 1.807) is 0 Å². The first-order chi connectivity index (χ1) is 9.31. The summed E-state index contributed by atoms with van der Waals surface area (Å²) in [5.41, 5.74) is 1.34. The van der Waals surface area contributed by atoms with Gasteiger partial charge in [0.25, 0.3) is 0 Å². The van der Waals surface area contributed by atoms with Crippen LogP contribution in [0.1, 0.15) is 24.0 Å². The quantitative estimate of drug-likeness (QED) is 0.827. The number of nitrogens with one attached hydrogen (secondary N) is 1. The fraction of sp³-hybridized carbons (Fsp3) is 0.375. The topological polar surface area (TPSA) is 28.4 Å². The Bertz CT molecular complexity index is 479. The molecule has 0 atom stereocenters. The van der Waals surface area contributed by atoms with Gasteiger partial charge in [-0.1, -0.05) is 37.3 Å². The van der Waals surface area contributed by atoms with Gasteiger partial charge in [0, 0.05) is 6.54 Å². The first-order valence-electron chi connectivity index (χ1n) is 6.80. The summed E-state index contributed by atoms with van der Waals surface area (Å²) in [6.07, 6.45) is 0. The molecule has 0 aliphatic rings. The second kappa shape index (κ2) is 7.12. The molecule has 1 aromatic carbocycles. The molecule has 2 rings (SSSR count). The predicted octanol–water partition coefficient (Wildman–Crippen LogP) is 3.02. The van der Waals surface area contributed by atoms with E-state index in [9.17, 15) is 0 Å². The summed E-state index contributed by atoms with van der Waals surface area (Å²) in [4.78, 5) is 2.37. The third-order valence-electron chi connectivity index (χ3n) is 3.14. The lowest BCUT2D eigenvalue weighted by Crippen LogP contribution is -2.21. The molecule has 1 aromatic heterocycles. The van der Waals surface area contributed by atoms with Crippen LogP contribution in [0.3, 0.4) is 0 Å². The summed E-state index contributed by atoms with van der Waals surface area (Å²) in [6.45, 7) is 5.79. The molecule has 0 amide bonds. The zero-order valence-electron chi connectivity index (χ0n) is 11.7. The number of benzene rings is 1. The largest absolute Gasteiger partial charge is 0.463 e. The second-order valence-corrected chi connectivity index (χ2v) is 4.69. The van der Waals surface area contributed by atoms with Gasteiger partial charge < -0.3 is 9.73 Å². The van der Waals surface area contributed by atoms with Crippen molar-refractivity contribution < 1.29 is 4.42 Å². The van der Waals surface area contributed by atoms with E-state index in [1.165, 1.54) is 5.56 Å².